The van der Waals surface area contributed by atoms with E-state index in [-0.39, 0.29) is 50.7 Å². The Morgan fingerprint density at radius 3 is 1.64 bits per heavy atom. The Morgan fingerprint density at radius 2 is 1.41 bits per heavy atom. The van der Waals surface area contributed by atoms with Gasteiger partial charge in [0.25, 0.3) is 0 Å². The van der Waals surface area contributed by atoms with Gasteiger partial charge in [0.1, 0.15) is 0 Å². The average molecular weight is 610 g/mol. The van der Waals surface area contributed by atoms with Crippen molar-refractivity contribution in [2.75, 3.05) is 52.5 Å². The van der Waals surface area contributed by atoms with Crippen molar-refractivity contribution < 1.29 is 61.1 Å². The lowest BCUT2D eigenvalue weighted by atomic mass is 10.2. The lowest BCUT2D eigenvalue weighted by molar-refractivity contribution is -0.199. The number of amides is 1. The molecule has 4 atom stereocenters. The lowest BCUT2D eigenvalue weighted by Crippen LogP contribution is -2.45. The molecule has 1 amide bonds. The van der Waals surface area contributed by atoms with Crippen LogP contribution in [0.5, 0.6) is 0 Å². The number of nitrogens with zero attached hydrogens (tertiary/aromatic N) is 2. The molecule has 2 aliphatic rings. The molecule has 17 heteroatoms. The van der Waals surface area contributed by atoms with E-state index >= 15 is 0 Å². The minimum Gasteiger partial charge on any atom is -0.459 e. The molecule has 39 heavy (non-hydrogen) atoms. The third-order valence-corrected chi connectivity index (χ3v) is 5.37. The van der Waals surface area contributed by atoms with Gasteiger partial charge in [-0.2, -0.15) is 26.3 Å². The molecule has 0 unspecified atom stereocenters. The van der Waals surface area contributed by atoms with E-state index in [9.17, 15) is 35.9 Å². The number of aliphatic hydroxyl groups excluding tert-OH is 4. The van der Waals surface area contributed by atoms with Crippen LogP contribution in [-0.2, 0) is 14.3 Å². The standard InChI is InChI=1S/C7H10F3NO3.C6H15N.C5H11NO2.C4H5F3O2.ClH/c8-7(9,10)6(14)11-2-5(13)1-4(11)3-12;1-4-7(5-2)6-3;7-3-4-1-5(8)2-6-4;1-2-9-3(8)4(5,6)7;/h4-5,12-13H,1-3H2;4-6H2,1-3H3;4-8H,1-3H2;2H2,1H3;1H/t4-,5+;;4-,5+;;/m0.0../s1. The maximum Gasteiger partial charge on any atom is 0.490 e. The predicted molar refractivity (Wildman–Crippen MR) is 132 cm³/mol. The fraction of sp³-hybridized carbons (Fsp3) is 0.909. The number of hydrogen-bond acceptors (Lipinski definition) is 9. The number of hydrogen-bond donors (Lipinski definition) is 5. The van der Waals surface area contributed by atoms with Gasteiger partial charge < -0.3 is 40.3 Å². The molecule has 2 aliphatic heterocycles. The molecule has 0 aromatic heterocycles. The smallest absolute Gasteiger partial charge is 0.459 e. The fourth-order valence-electron chi connectivity index (χ4n) is 3.30. The maximum atomic E-state index is 12.0. The first-order valence-corrected chi connectivity index (χ1v) is 12.2. The lowest BCUT2D eigenvalue weighted by Gasteiger charge is -2.23. The molecule has 0 spiro atoms. The zero-order chi connectivity index (χ0) is 30.1. The zero-order valence-corrected chi connectivity index (χ0v) is 23.3. The number of aliphatic hydroxyl groups is 4. The molecule has 2 rings (SSSR count). The van der Waals surface area contributed by atoms with Gasteiger partial charge in [-0.05, 0) is 39.4 Å². The Balaban J connectivity index is -0.000000458. The summed E-state index contributed by atoms with van der Waals surface area (Å²) < 4.78 is 73.1. The van der Waals surface area contributed by atoms with Crippen LogP contribution in [0.3, 0.4) is 0 Å². The van der Waals surface area contributed by atoms with E-state index in [0.29, 0.717) is 17.9 Å². The summed E-state index contributed by atoms with van der Waals surface area (Å²) in [5.74, 6) is -4.14. The minimum absolute atomic E-state index is 0. The van der Waals surface area contributed by atoms with Gasteiger partial charge in [0.2, 0.25) is 0 Å². The second-order valence-corrected chi connectivity index (χ2v) is 8.20. The Morgan fingerprint density at radius 1 is 0.897 bits per heavy atom. The molecule has 0 saturated carbocycles. The van der Waals surface area contributed by atoms with Crippen LogP contribution in [0, 0.1) is 0 Å². The third-order valence-electron chi connectivity index (χ3n) is 5.37. The van der Waals surface area contributed by atoms with Gasteiger partial charge in [-0.1, -0.05) is 20.8 Å². The van der Waals surface area contributed by atoms with Crippen molar-refractivity contribution in [1.82, 2.24) is 15.1 Å². The molecule has 0 aromatic rings. The van der Waals surface area contributed by atoms with Gasteiger partial charge >= 0.3 is 24.2 Å². The highest BCUT2D eigenvalue weighted by atomic mass is 35.5. The Labute approximate surface area is 230 Å². The van der Waals surface area contributed by atoms with E-state index in [0.717, 1.165) is 0 Å². The summed E-state index contributed by atoms with van der Waals surface area (Å²) in [4.78, 5) is 23.3. The van der Waals surface area contributed by atoms with Gasteiger partial charge in [0.05, 0.1) is 38.1 Å². The monoisotopic (exact) mass is 609 g/mol. The second-order valence-electron chi connectivity index (χ2n) is 8.20. The number of likely N-dealkylation sites (tertiary alicyclic amines) is 1. The zero-order valence-electron chi connectivity index (χ0n) is 22.5. The van der Waals surface area contributed by atoms with Gasteiger partial charge in [0, 0.05) is 19.1 Å². The van der Waals surface area contributed by atoms with Crippen LogP contribution >= 0.6 is 12.4 Å². The first kappa shape index (κ1) is 42.0. The van der Waals surface area contributed by atoms with Crippen LogP contribution < -0.4 is 5.32 Å². The number of alkyl halides is 6. The Hall–Kier alpha value is -1.43. The number of carbonyl (C=O) groups is 2. The molecule has 0 bridgehead atoms. The first-order chi connectivity index (χ1) is 17.5. The molecule has 10 nitrogen and oxygen atoms in total. The molecule has 0 radical (unpaired) electrons. The van der Waals surface area contributed by atoms with Gasteiger partial charge in [-0.3, -0.25) is 4.79 Å². The Kier molecular flexibility index (Phi) is 23.0. The molecular formula is C22H42ClF6N3O7. The summed E-state index contributed by atoms with van der Waals surface area (Å²) in [5.41, 5.74) is 0. The van der Waals surface area contributed by atoms with E-state index < -0.39 is 43.0 Å². The van der Waals surface area contributed by atoms with E-state index in [4.69, 9.17) is 20.4 Å². The maximum absolute atomic E-state index is 12.0. The summed E-state index contributed by atoms with van der Waals surface area (Å²) in [7, 11) is 0. The number of esters is 1. The van der Waals surface area contributed by atoms with Crippen molar-refractivity contribution in [3.05, 3.63) is 0 Å². The number of ether oxygens (including phenoxy) is 1. The number of carbonyl (C=O) groups excluding carboxylic acids is 2. The Bertz CT molecular complexity index is 653. The molecule has 236 valence electrons. The van der Waals surface area contributed by atoms with Gasteiger partial charge in [-0.25, -0.2) is 4.79 Å². The normalized spacial score (nSPS) is 22.4. The van der Waals surface area contributed by atoms with Crippen LogP contribution in [0.25, 0.3) is 0 Å². The number of rotatable bonds is 6. The summed E-state index contributed by atoms with van der Waals surface area (Å²) in [6.07, 6.45) is -10.4. The van der Waals surface area contributed by atoms with Crippen molar-refractivity contribution in [2.45, 2.75) is 77.2 Å². The summed E-state index contributed by atoms with van der Waals surface area (Å²) in [5, 5.41) is 38.1. The van der Waals surface area contributed by atoms with Crippen LogP contribution in [0.15, 0.2) is 0 Å². The van der Waals surface area contributed by atoms with Crippen LogP contribution in [0.4, 0.5) is 26.3 Å². The van der Waals surface area contributed by atoms with Crippen molar-refractivity contribution >= 4 is 24.3 Å². The number of nitrogens with one attached hydrogen (secondary N) is 1. The van der Waals surface area contributed by atoms with E-state index in [1.165, 1.54) is 26.6 Å². The highest BCUT2D eigenvalue weighted by molar-refractivity contribution is 5.85. The third kappa shape index (κ3) is 18.5. The molecule has 0 aromatic carbocycles. The van der Waals surface area contributed by atoms with E-state index in [1.54, 1.807) is 0 Å². The van der Waals surface area contributed by atoms with E-state index in [2.05, 4.69) is 35.7 Å². The second kappa shape index (κ2) is 21.3. The average Bonchev–Trinajstić information content (AvgIpc) is 3.44. The molecule has 2 saturated heterocycles. The quantitative estimate of drug-likeness (QED) is 0.221. The number of β-amino-alcohol motifs (C(OH)–C–C–N with tert-alkyl or cyclic N) is 2. The minimum atomic E-state index is -4.95. The highest BCUT2D eigenvalue weighted by Gasteiger charge is 2.47. The SMILES string of the molecule is CCN(CC)CC.CCOC(=O)C(F)(F)F.Cl.O=C(N1C[C@H](O)C[C@H]1CO)C(F)(F)F.OC[C@@H]1C[C@@H](O)CN1. The molecule has 5 N–H and O–H groups in total. The molecule has 0 aliphatic carbocycles. The van der Waals surface area contributed by atoms with Crippen LogP contribution in [0.2, 0.25) is 0 Å². The topological polar surface area (TPSA) is 143 Å². The van der Waals surface area contributed by atoms with Gasteiger partial charge in [0.15, 0.2) is 0 Å². The van der Waals surface area contributed by atoms with Crippen LogP contribution in [-0.4, -0.2) is 131 Å². The largest absolute Gasteiger partial charge is 0.490 e. The van der Waals surface area contributed by atoms with Crippen LogP contribution in [0.1, 0.15) is 40.5 Å². The fourth-order valence-corrected chi connectivity index (χ4v) is 3.30. The predicted octanol–water partition coefficient (Wildman–Crippen LogP) is 1.09. The molecule has 2 fully saturated rings. The molecular weight excluding hydrogens is 568 g/mol. The van der Waals surface area contributed by atoms with Crippen molar-refractivity contribution in [3.63, 3.8) is 0 Å². The van der Waals surface area contributed by atoms with Crippen molar-refractivity contribution in [2.24, 2.45) is 0 Å². The van der Waals surface area contributed by atoms with Crippen molar-refractivity contribution in [1.29, 1.82) is 0 Å². The summed E-state index contributed by atoms with van der Waals surface area (Å²) in [6.45, 7) is 11.0. The van der Waals surface area contributed by atoms with E-state index in [1.807, 2.05) is 0 Å². The number of halogens is 7. The highest BCUT2D eigenvalue weighted by Crippen LogP contribution is 2.25. The summed E-state index contributed by atoms with van der Waals surface area (Å²) >= 11 is 0. The first-order valence-electron chi connectivity index (χ1n) is 12.2. The summed E-state index contributed by atoms with van der Waals surface area (Å²) in [6, 6.07) is -0.802. The van der Waals surface area contributed by atoms with Crippen molar-refractivity contribution in [3.8, 4) is 0 Å². The molecule has 2 heterocycles. The van der Waals surface area contributed by atoms with Gasteiger partial charge in [-0.15, -0.1) is 12.4 Å².